The van der Waals surface area contributed by atoms with Crippen LogP contribution in [-0.2, 0) is 9.53 Å². The number of methoxy groups -OCH3 is 1. The van der Waals surface area contributed by atoms with Gasteiger partial charge in [-0.1, -0.05) is 0 Å². The molecule has 2 atom stereocenters. The Kier molecular flexibility index (Phi) is 4.62. The number of rotatable bonds is 4. The lowest BCUT2D eigenvalue weighted by Gasteiger charge is -2.34. The number of carbonyl (C=O) groups is 1. The third kappa shape index (κ3) is 3.28. The minimum absolute atomic E-state index is 0.0697. The Balaban J connectivity index is 1.50. The molecule has 2 aliphatic rings. The van der Waals surface area contributed by atoms with Crippen molar-refractivity contribution in [3.8, 4) is 22.8 Å². The number of hydrogen-bond donors (Lipinski definition) is 2. The molecule has 10 nitrogen and oxygen atoms in total. The molecular weight excluding hydrogens is 384 g/mol. The van der Waals surface area contributed by atoms with Crippen LogP contribution in [0.1, 0.15) is 25.0 Å². The van der Waals surface area contributed by atoms with Crippen LogP contribution in [0.25, 0.3) is 22.8 Å². The van der Waals surface area contributed by atoms with Gasteiger partial charge in [0, 0.05) is 24.4 Å². The zero-order chi connectivity index (χ0) is 20.7. The molecular formula is C20H22N8O2. The molecule has 0 saturated heterocycles. The molecule has 5 rings (SSSR count). The van der Waals surface area contributed by atoms with Gasteiger partial charge in [-0.15, -0.1) is 0 Å². The number of amides is 1. The van der Waals surface area contributed by atoms with Crippen molar-refractivity contribution in [2.24, 2.45) is 0 Å². The fourth-order valence-electron chi connectivity index (χ4n) is 4.21. The molecule has 30 heavy (non-hydrogen) atoms. The molecule has 4 heterocycles. The second-order valence-electron chi connectivity index (χ2n) is 7.59. The van der Waals surface area contributed by atoms with E-state index in [0.717, 1.165) is 30.5 Å². The second-order valence-corrected chi connectivity index (χ2v) is 7.59. The second kappa shape index (κ2) is 7.45. The number of fused-ring (bicyclic) bond motifs is 1. The van der Waals surface area contributed by atoms with Crippen molar-refractivity contribution < 1.29 is 9.53 Å². The minimum Gasteiger partial charge on any atom is -0.381 e. The van der Waals surface area contributed by atoms with Crippen LogP contribution in [0.3, 0.4) is 0 Å². The van der Waals surface area contributed by atoms with E-state index in [4.69, 9.17) is 9.72 Å². The molecule has 3 aromatic rings. The van der Waals surface area contributed by atoms with Crippen molar-refractivity contribution in [1.29, 1.82) is 0 Å². The number of carbonyl (C=O) groups excluding carboxylic acids is 1. The number of aryl methyl sites for hydroxylation is 1. The fourth-order valence-corrected chi connectivity index (χ4v) is 4.21. The zero-order valence-electron chi connectivity index (χ0n) is 16.8. The Labute approximate surface area is 173 Å². The molecule has 1 fully saturated rings. The van der Waals surface area contributed by atoms with Gasteiger partial charge in [0.1, 0.15) is 12.0 Å². The first-order valence-electron chi connectivity index (χ1n) is 9.92. The molecule has 10 heteroatoms. The molecule has 1 saturated carbocycles. The largest absolute Gasteiger partial charge is 0.381 e. The number of nitrogens with one attached hydrogen (secondary N) is 2. The normalized spacial score (nSPS) is 20.9. The Morgan fingerprint density at radius 1 is 1.17 bits per heavy atom. The smallest absolute Gasteiger partial charge is 0.245 e. The molecule has 0 spiro atoms. The van der Waals surface area contributed by atoms with Crippen LogP contribution in [0.2, 0.25) is 0 Å². The molecule has 154 valence electrons. The Morgan fingerprint density at radius 2 is 2.07 bits per heavy atom. The first-order chi connectivity index (χ1) is 14.6. The number of pyridine rings is 1. The number of aromatic amines is 1. The quantitative estimate of drug-likeness (QED) is 0.674. The van der Waals surface area contributed by atoms with Crippen LogP contribution < -0.4 is 10.2 Å². The van der Waals surface area contributed by atoms with Crippen LogP contribution in [-0.4, -0.2) is 61.8 Å². The van der Waals surface area contributed by atoms with Gasteiger partial charge in [-0.2, -0.15) is 5.10 Å². The van der Waals surface area contributed by atoms with E-state index in [9.17, 15) is 4.79 Å². The average Bonchev–Trinajstić information content (AvgIpc) is 3.45. The number of H-pyrrole nitrogens is 1. The maximum atomic E-state index is 12.2. The van der Waals surface area contributed by atoms with Gasteiger partial charge in [0.25, 0.3) is 0 Å². The number of ether oxygens (including phenoxy) is 1. The lowest BCUT2D eigenvalue weighted by molar-refractivity contribution is -0.115. The molecule has 3 aromatic heterocycles. The average molecular weight is 406 g/mol. The van der Waals surface area contributed by atoms with Gasteiger partial charge in [-0.25, -0.2) is 19.9 Å². The predicted octanol–water partition coefficient (Wildman–Crippen LogP) is 1.96. The van der Waals surface area contributed by atoms with Crippen molar-refractivity contribution in [2.75, 3.05) is 23.9 Å². The van der Waals surface area contributed by atoms with Crippen LogP contribution in [0.4, 0.5) is 11.6 Å². The third-order valence-electron chi connectivity index (χ3n) is 5.75. The van der Waals surface area contributed by atoms with Crippen LogP contribution >= 0.6 is 0 Å². The van der Waals surface area contributed by atoms with Gasteiger partial charge in [0.05, 0.1) is 24.5 Å². The highest BCUT2D eigenvalue weighted by molar-refractivity contribution is 5.99. The highest BCUT2D eigenvalue weighted by Gasteiger charge is 2.35. The first-order valence-corrected chi connectivity index (χ1v) is 9.92. The summed E-state index contributed by atoms with van der Waals surface area (Å²) in [7, 11) is 1.74. The molecule has 1 amide bonds. The third-order valence-corrected chi connectivity index (χ3v) is 5.75. The van der Waals surface area contributed by atoms with Crippen molar-refractivity contribution in [2.45, 2.75) is 38.3 Å². The Hall–Kier alpha value is -3.40. The van der Waals surface area contributed by atoms with E-state index in [2.05, 4.69) is 35.4 Å². The van der Waals surface area contributed by atoms with E-state index in [1.165, 1.54) is 6.33 Å². The van der Waals surface area contributed by atoms with Crippen molar-refractivity contribution >= 4 is 17.5 Å². The fraction of sp³-hybridized carbons (Fsp3) is 0.400. The molecule has 0 aromatic carbocycles. The SMILES string of the molecule is CO[C@@H]1CC[C@@H](N2CC(=O)Nc3ncc(-c4ccc(-c5ncn[nH]5)nc4C)nc32)C1. The highest BCUT2D eigenvalue weighted by atomic mass is 16.5. The molecule has 2 N–H and O–H groups in total. The zero-order valence-corrected chi connectivity index (χ0v) is 16.8. The lowest BCUT2D eigenvalue weighted by Crippen LogP contribution is -2.44. The van der Waals surface area contributed by atoms with Crippen molar-refractivity contribution in [3.05, 3.63) is 30.4 Å². The first kappa shape index (κ1) is 18.6. The van der Waals surface area contributed by atoms with Gasteiger partial charge < -0.3 is 15.0 Å². The summed E-state index contributed by atoms with van der Waals surface area (Å²) < 4.78 is 5.51. The van der Waals surface area contributed by atoms with E-state index in [0.29, 0.717) is 28.8 Å². The summed E-state index contributed by atoms with van der Waals surface area (Å²) in [6.07, 6.45) is 6.16. The number of anilines is 2. The summed E-state index contributed by atoms with van der Waals surface area (Å²) in [6.45, 7) is 2.20. The molecule has 1 aliphatic heterocycles. The van der Waals surface area contributed by atoms with Gasteiger partial charge in [-0.3, -0.25) is 9.89 Å². The molecule has 1 aliphatic carbocycles. The van der Waals surface area contributed by atoms with Crippen LogP contribution in [0, 0.1) is 6.92 Å². The number of nitrogens with zero attached hydrogens (tertiary/aromatic N) is 6. The van der Waals surface area contributed by atoms with E-state index < -0.39 is 0 Å². The van der Waals surface area contributed by atoms with Gasteiger partial charge >= 0.3 is 0 Å². The van der Waals surface area contributed by atoms with E-state index in [1.54, 1.807) is 13.3 Å². The Bertz CT molecular complexity index is 1080. The summed E-state index contributed by atoms with van der Waals surface area (Å²) in [5.41, 5.74) is 3.12. The van der Waals surface area contributed by atoms with Gasteiger partial charge in [0.2, 0.25) is 5.91 Å². The molecule has 0 unspecified atom stereocenters. The van der Waals surface area contributed by atoms with E-state index >= 15 is 0 Å². The summed E-state index contributed by atoms with van der Waals surface area (Å²) in [4.78, 5) is 32.4. The van der Waals surface area contributed by atoms with E-state index in [-0.39, 0.29) is 24.6 Å². The summed E-state index contributed by atoms with van der Waals surface area (Å²) in [5.74, 6) is 1.75. The predicted molar refractivity (Wildman–Crippen MR) is 110 cm³/mol. The summed E-state index contributed by atoms with van der Waals surface area (Å²) >= 11 is 0. The lowest BCUT2D eigenvalue weighted by atomic mass is 10.1. The topological polar surface area (TPSA) is 122 Å². The minimum atomic E-state index is -0.0697. The molecule has 0 radical (unpaired) electrons. The molecule has 0 bridgehead atoms. The summed E-state index contributed by atoms with van der Waals surface area (Å²) in [5, 5.41) is 9.53. The monoisotopic (exact) mass is 406 g/mol. The standard InChI is InChI=1S/C20H22N8O2/c1-11-14(5-6-15(24-11)18-22-10-23-27-18)16-8-21-19-20(25-16)28(9-17(29)26-19)12-3-4-13(7-12)30-2/h5-6,8,10,12-13H,3-4,7,9H2,1-2H3,(H,21,26,29)(H,22,23,27)/t12-,13-/m1/s1. The highest BCUT2D eigenvalue weighted by Crippen LogP contribution is 2.35. The maximum absolute atomic E-state index is 12.2. The number of aromatic nitrogens is 6. The van der Waals surface area contributed by atoms with Crippen LogP contribution in [0.15, 0.2) is 24.7 Å². The summed E-state index contributed by atoms with van der Waals surface area (Å²) in [6, 6.07) is 4.04. The van der Waals surface area contributed by atoms with Gasteiger partial charge in [0.15, 0.2) is 17.5 Å². The maximum Gasteiger partial charge on any atom is 0.245 e. The van der Waals surface area contributed by atoms with E-state index in [1.807, 2.05) is 19.1 Å². The van der Waals surface area contributed by atoms with Crippen molar-refractivity contribution in [3.63, 3.8) is 0 Å². The van der Waals surface area contributed by atoms with Gasteiger partial charge in [-0.05, 0) is 38.3 Å². The van der Waals surface area contributed by atoms with Crippen molar-refractivity contribution in [1.82, 2.24) is 30.1 Å². The number of hydrogen-bond acceptors (Lipinski definition) is 8. The van der Waals surface area contributed by atoms with Crippen LogP contribution in [0.5, 0.6) is 0 Å². The Morgan fingerprint density at radius 3 is 2.80 bits per heavy atom.